The summed E-state index contributed by atoms with van der Waals surface area (Å²) in [6.07, 6.45) is 3.82. The van der Waals surface area contributed by atoms with Crippen molar-refractivity contribution in [2.24, 2.45) is 5.73 Å². The van der Waals surface area contributed by atoms with Gasteiger partial charge in [-0.2, -0.15) is 18.3 Å². The van der Waals surface area contributed by atoms with Gasteiger partial charge in [0, 0.05) is 60.7 Å². The van der Waals surface area contributed by atoms with E-state index in [0.717, 1.165) is 43.0 Å². The molecular weight excluding hydrogens is 597 g/mol. The maximum Gasteiger partial charge on any atom is 0.408 e. The molecule has 2 amide bonds. The van der Waals surface area contributed by atoms with E-state index in [2.05, 4.69) is 20.7 Å². The summed E-state index contributed by atoms with van der Waals surface area (Å²) in [6.45, 7) is 0.677. The van der Waals surface area contributed by atoms with Crippen LogP contribution in [0.15, 0.2) is 71.8 Å². The molecule has 0 fully saturated rings. The van der Waals surface area contributed by atoms with Gasteiger partial charge in [-0.25, -0.2) is 9.48 Å². The molecule has 2 aromatic heterocycles. The van der Waals surface area contributed by atoms with Crippen molar-refractivity contribution < 1.29 is 18.0 Å². The Bertz CT molecular complexity index is 1730. The second-order valence-corrected chi connectivity index (χ2v) is 11.1. The minimum Gasteiger partial charge on any atom is -0.385 e. The van der Waals surface area contributed by atoms with Crippen LogP contribution < -0.4 is 21.9 Å². The van der Waals surface area contributed by atoms with E-state index in [1.54, 1.807) is 59.8 Å². The molecule has 240 valence electrons. The Morgan fingerprint density at radius 1 is 0.978 bits per heavy atom. The summed E-state index contributed by atoms with van der Waals surface area (Å²) < 4.78 is 40.8. The molecule has 0 unspecified atom stereocenters. The third kappa shape index (κ3) is 7.96. The van der Waals surface area contributed by atoms with Crippen LogP contribution in [-0.4, -0.2) is 51.2 Å². The molecule has 46 heavy (non-hydrogen) atoms. The zero-order chi connectivity index (χ0) is 32.7. The fourth-order valence-electron chi connectivity index (χ4n) is 5.31. The number of pyridine rings is 1. The maximum absolute atomic E-state index is 13.5. The number of carbonyl (C=O) groups excluding carboxylic acids is 1. The number of nitrogens with zero attached hydrogens (tertiary/aromatic N) is 4. The Morgan fingerprint density at radius 3 is 2.43 bits per heavy atom. The number of amides is 2. The molecule has 2 aromatic carbocycles. The molecule has 1 aliphatic rings. The number of aromatic nitrogens is 3. The van der Waals surface area contributed by atoms with Crippen molar-refractivity contribution in [1.82, 2.24) is 19.7 Å². The number of carbonyl (C=O) groups is 1. The Kier molecular flexibility index (Phi) is 10.1. The number of nitrogens with two attached hydrogens (primary N) is 1. The molecule has 1 aliphatic heterocycles. The number of rotatable bonds is 12. The number of benzene rings is 2. The molecule has 5 rings (SSSR count). The van der Waals surface area contributed by atoms with Crippen LogP contribution in [0, 0.1) is 5.41 Å². The van der Waals surface area contributed by atoms with Gasteiger partial charge < -0.3 is 26.7 Å². The van der Waals surface area contributed by atoms with E-state index >= 15 is 0 Å². The van der Waals surface area contributed by atoms with Crippen LogP contribution in [-0.2, 0) is 19.6 Å². The first kappa shape index (κ1) is 32.4. The van der Waals surface area contributed by atoms with Gasteiger partial charge in [0.15, 0.2) is 0 Å². The van der Waals surface area contributed by atoms with Crippen molar-refractivity contribution in [3.8, 4) is 22.4 Å². The third-order valence-electron chi connectivity index (χ3n) is 7.71. The molecule has 4 aromatic rings. The van der Waals surface area contributed by atoms with E-state index in [-0.39, 0.29) is 17.3 Å². The number of hydrogen-bond acceptors (Lipinski definition) is 7. The van der Waals surface area contributed by atoms with Crippen molar-refractivity contribution in [3.05, 3.63) is 94.0 Å². The molecule has 0 atom stereocenters. The summed E-state index contributed by atoms with van der Waals surface area (Å²) in [5.41, 5.74) is 9.32. The van der Waals surface area contributed by atoms with E-state index in [4.69, 9.17) is 11.1 Å². The van der Waals surface area contributed by atoms with Gasteiger partial charge in [-0.05, 0) is 72.5 Å². The zero-order valence-corrected chi connectivity index (χ0v) is 25.1. The summed E-state index contributed by atoms with van der Waals surface area (Å²) in [5.74, 6) is 0. The normalized spacial score (nSPS) is 12.6. The average molecular weight is 633 g/mol. The molecule has 0 radical (unpaired) electrons. The predicted molar refractivity (Wildman–Crippen MR) is 172 cm³/mol. The van der Waals surface area contributed by atoms with Gasteiger partial charge in [0.2, 0.25) is 0 Å². The second-order valence-electron chi connectivity index (χ2n) is 11.1. The van der Waals surface area contributed by atoms with E-state index in [0.29, 0.717) is 58.9 Å². The van der Waals surface area contributed by atoms with Gasteiger partial charge in [-0.1, -0.05) is 31.0 Å². The first-order valence-electron chi connectivity index (χ1n) is 15.0. The highest BCUT2D eigenvalue weighted by atomic mass is 19.4. The Balaban J connectivity index is 1.37. The van der Waals surface area contributed by atoms with E-state index in [9.17, 15) is 22.8 Å². The van der Waals surface area contributed by atoms with Gasteiger partial charge in [-0.3, -0.25) is 9.78 Å². The minimum absolute atomic E-state index is 0.0196. The molecule has 0 bridgehead atoms. The number of urea groups is 1. The molecule has 5 N–H and O–H groups in total. The lowest BCUT2D eigenvalue weighted by Gasteiger charge is -2.17. The number of halogens is 3. The summed E-state index contributed by atoms with van der Waals surface area (Å²) >= 11 is 0. The lowest BCUT2D eigenvalue weighted by molar-refractivity contribution is -0.143. The van der Waals surface area contributed by atoms with Crippen LogP contribution in [0.3, 0.4) is 0 Å². The van der Waals surface area contributed by atoms with Crippen LogP contribution in [0.4, 0.5) is 29.3 Å². The van der Waals surface area contributed by atoms with Crippen LogP contribution in [0.1, 0.15) is 42.4 Å². The molecule has 0 spiro atoms. The summed E-state index contributed by atoms with van der Waals surface area (Å²) in [4.78, 5) is 31.9. The monoisotopic (exact) mass is 632 g/mol. The Hall–Kier alpha value is -5.04. The van der Waals surface area contributed by atoms with Crippen molar-refractivity contribution in [3.63, 3.8) is 0 Å². The smallest absolute Gasteiger partial charge is 0.385 e. The standard InChI is InChI=1S/C33H35F3N8O2/c34-33(35,36)21-44-31(45)28(23-7-10-29(25(15-23)17-38)40-13-4-2-1-3-12-37)16-30(42-44)22-5-8-27(9-6-22)41-32(46)43-19-24-11-14-39-18-26(24)20-43/h5-11,14-18,38,40H,1-4,12-13,19-21,37H2,(H,41,46). The lowest BCUT2D eigenvalue weighted by atomic mass is 10.0. The summed E-state index contributed by atoms with van der Waals surface area (Å²) in [5, 5.41) is 18.1. The van der Waals surface area contributed by atoms with E-state index < -0.39 is 18.3 Å². The van der Waals surface area contributed by atoms with E-state index in [1.807, 2.05) is 6.07 Å². The van der Waals surface area contributed by atoms with Gasteiger partial charge >= 0.3 is 12.2 Å². The lowest BCUT2D eigenvalue weighted by Crippen LogP contribution is -2.31. The quantitative estimate of drug-likeness (QED) is 0.111. The third-order valence-corrected chi connectivity index (χ3v) is 7.71. The SMILES string of the molecule is N=Cc1cc(-c2cc(-c3ccc(NC(=O)N4Cc5ccncc5C4)cc3)nn(CC(F)(F)F)c2=O)ccc1NCCCCCCN. The number of alkyl halides is 3. The van der Waals surface area contributed by atoms with Crippen LogP contribution in [0.2, 0.25) is 0 Å². The molecule has 0 saturated carbocycles. The predicted octanol–water partition coefficient (Wildman–Crippen LogP) is 6.01. The van der Waals surface area contributed by atoms with Gasteiger partial charge in [0.05, 0.1) is 11.3 Å². The average Bonchev–Trinajstić information content (AvgIpc) is 3.48. The molecule has 3 heterocycles. The molecular formula is C33H35F3N8O2. The number of hydrogen-bond donors (Lipinski definition) is 4. The Morgan fingerprint density at radius 2 is 1.72 bits per heavy atom. The minimum atomic E-state index is -4.68. The van der Waals surface area contributed by atoms with Gasteiger partial charge in [0.1, 0.15) is 6.54 Å². The molecule has 0 saturated heterocycles. The zero-order valence-electron chi connectivity index (χ0n) is 25.1. The first-order valence-corrected chi connectivity index (χ1v) is 15.0. The van der Waals surface area contributed by atoms with Crippen molar-refractivity contribution in [2.75, 3.05) is 23.7 Å². The largest absolute Gasteiger partial charge is 0.408 e. The molecule has 10 nitrogen and oxygen atoms in total. The fraction of sp³-hybridized carbons (Fsp3) is 0.303. The fourth-order valence-corrected chi connectivity index (χ4v) is 5.31. The van der Waals surface area contributed by atoms with Gasteiger partial charge in [-0.15, -0.1) is 0 Å². The molecule has 13 heteroatoms. The van der Waals surface area contributed by atoms with Crippen LogP contribution in [0.25, 0.3) is 22.4 Å². The van der Waals surface area contributed by atoms with E-state index in [1.165, 1.54) is 6.07 Å². The first-order chi connectivity index (χ1) is 22.1. The molecule has 0 aliphatic carbocycles. The maximum atomic E-state index is 13.5. The van der Waals surface area contributed by atoms with Crippen molar-refractivity contribution >= 4 is 23.6 Å². The van der Waals surface area contributed by atoms with Crippen molar-refractivity contribution in [1.29, 1.82) is 5.41 Å². The van der Waals surface area contributed by atoms with Crippen LogP contribution >= 0.6 is 0 Å². The highest BCUT2D eigenvalue weighted by Gasteiger charge is 2.30. The van der Waals surface area contributed by atoms with Crippen molar-refractivity contribution in [2.45, 2.75) is 51.5 Å². The highest BCUT2D eigenvalue weighted by molar-refractivity contribution is 5.90. The topological polar surface area (TPSA) is 142 Å². The van der Waals surface area contributed by atoms with Gasteiger partial charge in [0.25, 0.3) is 5.56 Å². The number of nitrogens with one attached hydrogen (secondary N) is 3. The summed E-state index contributed by atoms with van der Waals surface area (Å²) in [7, 11) is 0. The summed E-state index contributed by atoms with van der Waals surface area (Å²) in [6, 6.07) is 14.5. The van der Waals surface area contributed by atoms with Crippen LogP contribution in [0.5, 0.6) is 0 Å². The number of fused-ring (bicyclic) bond motifs is 1. The second kappa shape index (κ2) is 14.4. The highest BCUT2D eigenvalue weighted by Crippen LogP contribution is 2.28. The number of anilines is 2. The number of unbranched alkanes of at least 4 members (excludes halogenated alkanes) is 3. The Labute approximate surface area is 264 Å².